The maximum atomic E-state index is 13.8. The molecule has 1 aliphatic rings. The van der Waals surface area contributed by atoms with Crippen LogP contribution in [0.3, 0.4) is 0 Å². The zero-order chi connectivity index (χ0) is 14.9. The molecule has 1 heterocycles. The number of halogens is 1. The van der Waals surface area contributed by atoms with E-state index in [1.165, 1.54) is 13.2 Å². The Hall–Kier alpha value is -1.62. The predicted octanol–water partition coefficient (Wildman–Crippen LogP) is 2.69. The lowest BCUT2D eigenvalue weighted by Crippen LogP contribution is -2.34. The number of nitrogens with zero attached hydrogens (tertiary/aromatic N) is 1. The average molecular weight is 281 g/mol. The first-order valence-electron chi connectivity index (χ1n) is 6.77. The van der Waals surface area contributed by atoms with Crippen molar-refractivity contribution in [3.63, 3.8) is 0 Å². The van der Waals surface area contributed by atoms with Crippen LogP contribution in [0.25, 0.3) is 0 Å². The molecule has 0 radical (unpaired) electrons. The van der Waals surface area contributed by atoms with Crippen molar-refractivity contribution in [3.05, 3.63) is 29.6 Å². The highest BCUT2D eigenvalue weighted by Gasteiger charge is 2.38. The number of aliphatic carboxylic acids is 1. The fourth-order valence-electron chi connectivity index (χ4n) is 2.97. The van der Waals surface area contributed by atoms with E-state index in [0.717, 1.165) is 5.56 Å². The van der Waals surface area contributed by atoms with Crippen molar-refractivity contribution >= 4 is 5.97 Å². The number of ether oxygens (including phenoxy) is 1. The van der Waals surface area contributed by atoms with Crippen molar-refractivity contribution in [1.82, 2.24) is 4.90 Å². The fourth-order valence-corrected chi connectivity index (χ4v) is 2.97. The van der Waals surface area contributed by atoms with Gasteiger partial charge in [-0.2, -0.15) is 0 Å². The van der Waals surface area contributed by atoms with E-state index in [1.54, 1.807) is 6.07 Å². The van der Waals surface area contributed by atoms with Gasteiger partial charge in [0.2, 0.25) is 0 Å². The van der Waals surface area contributed by atoms with E-state index in [4.69, 9.17) is 9.84 Å². The third kappa shape index (κ3) is 2.63. The minimum atomic E-state index is -0.756. The summed E-state index contributed by atoms with van der Waals surface area (Å²) < 4.78 is 18.7. The zero-order valence-corrected chi connectivity index (χ0v) is 12.0. The molecular formula is C15H20FNO3. The first kappa shape index (κ1) is 14.8. The van der Waals surface area contributed by atoms with Gasteiger partial charge >= 0.3 is 5.97 Å². The van der Waals surface area contributed by atoms with Crippen LogP contribution in [-0.4, -0.2) is 35.7 Å². The van der Waals surface area contributed by atoms with Crippen molar-refractivity contribution in [2.45, 2.75) is 32.4 Å². The van der Waals surface area contributed by atoms with Crippen LogP contribution in [0.1, 0.15) is 31.9 Å². The highest BCUT2D eigenvalue weighted by Crippen LogP contribution is 2.33. The number of carboxylic acids is 1. The molecule has 0 bridgehead atoms. The number of carbonyl (C=O) groups is 1. The van der Waals surface area contributed by atoms with E-state index in [1.807, 2.05) is 19.9 Å². The summed E-state index contributed by atoms with van der Waals surface area (Å²) in [7, 11) is 1.43. The molecule has 0 spiro atoms. The monoisotopic (exact) mass is 281 g/mol. The van der Waals surface area contributed by atoms with Crippen LogP contribution in [0.5, 0.6) is 5.75 Å². The van der Waals surface area contributed by atoms with Crippen LogP contribution >= 0.6 is 0 Å². The van der Waals surface area contributed by atoms with E-state index in [-0.39, 0.29) is 23.8 Å². The Labute approximate surface area is 118 Å². The Balaban J connectivity index is 2.18. The third-order valence-electron chi connectivity index (χ3n) is 4.28. The third-order valence-corrected chi connectivity index (χ3v) is 4.28. The van der Waals surface area contributed by atoms with Gasteiger partial charge in [-0.25, -0.2) is 4.39 Å². The quantitative estimate of drug-likeness (QED) is 0.922. The second-order valence-corrected chi connectivity index (χ2v) is 5.28. The molecule has 1 aromatic rings. The van der Waals surface area contributed by atoms with Gasteiger partial charge in [-0.3, -0.25) is 9.69 Å². The Morgan fingerprint density at radius 3 is 2.75 bits per heavy atom. The molecule has 20 heavy (non-hydrogen) atoms. The first-order chi connectivity index (χ1) is 9.45. The number of benzene rings is 1. The molecule has 5 heteroatoms. The lowest BCUT2D eigenvalue weighted by atomic mass is 10.0. The molecule has 3 unspecified atom stereocenters. The maximum absolute atomic E-state index is 13.8. The molecule has 0 saturated carbocycles. The molecule has 1 aromatic carbocycles. The number of carboxylic acid groups (broad SMARTS) is 1. The molecular weight excluding hydrogens is 261 g/mol. The maximum Gasteiger partial charge on any atom is 0.308 e. The van der Waals surface area contributed by atoms with Gasteiger partial charge in [0.25, 0.3) is 0 Å². The number of likely N-dealkylation sites (tertiary alicyclic amines) is 1. The molecule has 0 aliphatic carbocycles. The van der Waals surface area contributed by atoms with E-state index in [9.17, 15) is 9.18 Å². The van der Waals surface area contributed by atoms with Crippen molar-refractivity contribution in [2.24, 2.45) is 5.92 Å². The average Bonchev–Trinajstić information content (AvgIpc) is 2.79. The number of hydrogen-bond donors (Lipinski definition) is 1. The predicted molar refractivity (Wildman–Crippen MR) is 73.3 cm³/mol. The van der Waals surface area contributed by atoms with Gasteiger partial charge in [0.1, 0.15) is 0 Å². The summed E-state index contributed by atoms with van der Waals surface area (Å²) in [6.45, 7) is 4.61. The molecule has 1 N–H and O–H groups in total. The number of rotatable bonds is 4. The van der Waals surface area contributed by atoms with Crippen molar-refractivity contribution < 1.29 is 19.0 Å². The van der Waals surface area contributed by atoms with E-state index in [2.05, 4.69) is 4.90 Å². The smallest absolute Gasteiger partial charge is 0.308 e. The SMILES string of the molecule is COc1ccc(C(C)N2CCC(C(=O)O)C2C)cc1F. The molecule has 1 aliphatic heterocycles. The molecule has 0 amide bonds. The summed E-state index contributed by atoms with van der Waals surface area (Å²) in [4.78, 5) is 13.3. The zero-order valence-electron chi connectivity index (χ0n) is 12.0. The summed E-state index contributed by atoms with van der Waals surface area (Å²) in [5, 5.41) is 9.16. The lowest BCUT2D eigenvalue weighted by molar-refractivity contribution is -0.142. The second-order valence-electron chi connectivity index (χ2n) is 5.28. The largest absolute Gasteiger partial charge is 0.494 e. The Kier molecular flexibility index (Phi) is 4.28. The van der Waals surface area contributed by atoms with Crippen molar-refractivity contribution in [3.8, 4) is 5.75 Å². The Morgan fingerprint density at radius 1 is 1.55 bits per heavy atom. The number of hydrogen-bond acceptors (Lipinski definition) is 3. The topological polar surface area (TPSA) is 49.8 Å². The van der Waals surface area contributed by atoms with Crippen molar-refractivity contribution in [2.75, 3.05) is 13.7 Å². The summed E-state index contributed by atoms with van der Waals surface area (Å²) in [6.07, 6.45) is 0.638. The van der Waals surface area contributed by atoms with Gasteiger partial charge in [0.05, 0.1) is 13.0 Å². The van der Waals surface area contributed by atoms with Gasteiger partial charge in [-0.1, -0.05) is 6.07 Å². The Bertz CT molecular complexity index is 506. The highest BCUT2D eigenvalue weighted by atomic mass is 19.1. The normalized spacial score (nSPS) is 24.6. The molecule has 3 atom stereocenters. The molecule has 1 fully saturated rings. The second kappa shape index (κ2) is 5.79. The van der Waals surface area contributed by atoms with Gasteiger partial charge in [0.15, 0.2) is 11.6 Å². The highest BCUT2D eigenvalue weighted by molar-refractivity contribution is 5.71. The lowest BCUT2D eigenvalue weighted by Gasteiger charge is -2.30. The van der Waals surface area contributed by atoms with E-state index >= 15 is 0 Å². The van der Waals surface area contributed by atoms with Crippen molar-refractivity contribution in [1.29, 1.82) is 0 Å². The summed E-state index contributed by atoms with van der Waals surface area (Å²) in [5.74, 6) is -1.27. The van der Waals surface area contributed by atoms with Crippen LogP contribution < -0.4 is 4.74 Å². The molecule has 2 rings (SSSR count). The van der Waals surface area contributed by atoms with E-state index in [0.29, 0.717) is 13.0 Å². The van der Waals surface area contributed by atoms with Gasteiger partial charge in [-0.05, 0) is 44.5 Å². The molecule has 4 nitrogen and oxygen atoms in total. The van der Waals surface area contributed by atoms with Gasteiger partial charge in [0, 0.05) is 12.1 Å². The van der Waals surface area contributed by atoms with Crippen LogP contribution in [-0.2, 0) is 4.79 Å². The minimum Gasteiger partial charge on any atom is -0.494 e. The molecule has 110 valence electrons. The summed E-state index contributed by atoms with van der Waals surface area (Å²) in [6, 6.07) is 4.83. The molecule has 0 aromatic heterocycles. The van der Waals surface area contributed by atoms with Crippen LogP contribution in [0, 0.1) is 11.7 Å². The van der Waals surface area contributed by atoms with Crippen LogP contribution in [0.2, 0.25) is 0 Å². The Morgan fingerprint density at radius 2 is 2.25 bits per heavy atom. The van der Waals surface area contributed by atoms with Crippen LogP contribution in [0.4, 0.5) is 4.39 Å². The minimum absolute atomic E-state index is 0.0187. The summed E-state index contributed by atoms with van der Waals surface area (Å²) >= 11 is 0. The number of methoxy groups -OCH3 is 1. The fraction of sp³-hybridized carbons (Fsp3) is 0.533. The standard InChI is InChI=1S/C15H20FNO3/c1-9(11-4-5-14(20-3)13(16)8-11)17-7-6-12(10(17)2)15(18)19/h4-5,8-10,12H,6-7H2,1-3H3,(H,18,19). The summed E-state index contributed by atoms with van der Waals surface area (Å²) in [5.41, 5.74) is 0.834. The van der Waals surface area contributed by atoms with Gasteiger partial charge in [-0.15, -0.1) is 0 Å². The van der Waals surface area contributed by atoms with E-state index < -0.39 is 11.8 Å². The van der Waals surface area contributed by atoms with Crippen LogP contribution in [0.15, 0.2) is 18.2 Å². The first-order valence-corrected chi connectivity index (χ1v) is 6.77. The molecule has 1 saturated heterocycles. The van der Waals surface area contributed by atoms with Gasteiger partial charge < -0.3 is 9.84 Å².